The molecule has 2 N–H and O–H groups in total. The van der Waals surface area contributed by atoms with Gasteiger partial charge in [-0.25, -0.2) is 4.98 Å². The number of hydrogen-bond acceptors (Lipinski definition) is 4. The number of rotatable bonds is 2. The molecule has 1 aliphatic carbocycles. The topological polar surface area (TPSA) is 57.4 Å². The van der Waals surface area contributed by atoms with Crippen molar-refractivity contribution in [3.8, 4) is 11.5 Å². The minimum Gasteiger partial charge on any atom is -0.496 e. The average Bonchev–Trinajstić information content (AvgIpc) is 2.72. The molecule has 3 rings (SSSR count). The van der Waals surface area contributed by atoms with Crippen LogP contribution in [0.15, 0.2) is 12.1 Å². The summed E-state index contributed by atoms with van der Waals surface area (Å²) >= 11 is 0. The van der Waals surface area contributed by atoms with E-state index in [2.05, 4.69) is 0 Å². The Hall–Kier alpha value is -1.97. The third-order valence-electron chi connectivity index (χ3n) is 4.07. The Labute approximate surface area is 118 Å². The van der Waals surface area contributed by atoms with Gasteiger partial charge < -0.3 is 15.2 Å². The molecule has 0 spiro atoms. The van der Waals surface area contributed by atoms with E-state index < -0.39 is 0 Å². The molecule has 2 aromatic rings. The molecule has 0 atom stereocenters. The van der Waals surface area contributed by atoms with Crippen molar-refractivity contribution < 1.29 is 9.47 Å². The van der Waals surface area contributed by atoms with Crippen molar-refractivity contribution in [1.29, 1.82) is 0 Å². The van der Waals surface area contributed by atoms with Crippen LogP contribution < -0.4 is 15.2 Å². The number of fused-ring (bicyclic) bond motifs is 2. The number of anilines is 1. The van der Waals surface area contributed by atoms with E-state index in [-0.39, 0.29) is 0 Å². The van der Waals surface area contributed by atoms with Crippen molar-refractivity contribution in [2.75, 3.05) is 20.0 Å². The Morgan fingerprint density at radius 3 is 2.45 bits per heavy atom. The number of pyridine rings is 1. The van der Waals surface area contributed by atoms with Gasteiger partial charge in [0, 0.05) is 11.4 Å². The monoisotopic (exact) mass is 272 g/mol. The van der Waals surface area contributed by atoms with E-state index in [1.54, 1.807) is 14.2 Å². The fourth-order valence-electron chi connectivity index (χ4n) is 3.03. The van der Waals surface area contributed by atoms with E-state index in [9.17, 15) is 0 Å². The lowest BCUT2D eigenvalue weighted by molar-refractivity contribution is 0.409. The number of aryl methyl sites for hydroxylation is 1. The molecule has 0 aliphatic heterocycles. The molecular weight excluding hydrogens is 252 g/mol. The molecule has 1 aliphatic rings. The second-order valence-electron chi connectivity index (χ2n) is 5.21. The molecule has 4 heteroatoms. The number of methoxy groups -OCH3 is 2. The van der Waals surface area contributed by atoms with Crippen molar-refractivity contribution in [1.82, 2.24) is 4.98 Å². The highest BCUT2D eigenvalue weighted by Crippen LogP contribution is 2.39. The summed E-state index contributed by atoms with van der Waals surface area (Å²) in [5.74, 6) is 1.51. The molecule has 0 fully saturated rings. The second-order valence-corrected chi connectivity index (χ2v) is 5.21. The van der Waals surface area contributed by atoms with E-state index in [0.29, 0.717) is 0 Å². The number of benzene rings is 1. The van der Waals surface area contributed by atoms with Gasteiger partial charge in [-0.1, -0.05) is 6.42 Å². The molecular formula is C16H20N2O2. The SMILES string of the molecule is COc1ccc(OC)c2c(N)c3c(nc12)CCCCC3. The first-order chi connectivity index (χ1) is 9.76. The van der Waals surface area contributed by atoms with Gasteiger partial charge in [-0.05, 0) is 43.4 Å². The number of aromatic nitrogens is 1. The minimum atomic E-state index is 0.750. The van der Waals surface area contributed by atoms with Crippen LogP contribution >= 0.6 is 0 Å². The summed E-state index contributed by atoms with van der Waals surface area (Å²) in [6.45, 7) is 0. The van der Waals surface area contributed by atoms with Gasteiger partial charge in [0.05, 0.1) is 19.6 Å². The summed E-state index contributed by atoms with van der Waals surface area (Å²) in [7, 11) is 3.32. The molecule has 0 saturated carbocycles. The van der Waals surface area contributed by atoms with Gasteiger partial charge >= 0.3 is 0 Å². The van der Waals surface area contributed by atoms with Crippen molar-refractivity contribution in [2.24, 2.45) is 0 Å². The molecule has 0 saturated heterocycles. The molecule has 1 aromatic carbocycles. The quantitative estimate of drug-likeness (QED) is 0.853. The summed E-state index contributed by atoms with van der Waals surface area (Å²) in [4.78, 5) is 4.83. The minimum absolute atomic E-state index is 0.750. The zero-order valence-electron chi connectivity index (χ0n) is 12.0. The van der Waals surface area contributed by atoms with Crippen LogP contribution in [0.4, 0.5) is 5.69 Å². The van der Waals surface area contributed by atoms with Gasteiger partial charge in [-0.3, -0.25) is 0 Å². The van der Waals surface area contributed by atoms with Crippen LogP contribution in [0.5, 0.6) is 11.5 Å². The molecule has 0 unspecified atom stereocenters. The maximum Gasteiger partial charge on any atom is 0.145 e. The third kappa shape index (κ3) is 1.96. The first kappa shape index (κ1) is 13.0. The molecule has 0 amide bonds. The molecule has 1 aromatic heterocycles. The third-order valence-corrected chi connectivity index (χ3v) is 4.07. The summed E-state index contributed by atoms with van der Waals surface area (Å²) in [6, 6.07) is 3.78. The van der Waals surface area contributed by atoms with E-state index in [1.165, 1.54) is 24.8 Å². The normalized spacial score (nSPS) is 14.7. The van der Waals surface area contributed by atoms with Gasteiger partial charge in [-0.2, -0.15) is 0 Å². The average molecular weight is 272 g/mol. The standard InChI is InChI=1S/C16H20N2O2/c1-19-12-8-9-13(20-2)16-14(12)15(17)10-6-4-3-5-7-11(10)18-16/h8-9H,3-7H2,1-2H3,(H2,17,18). The molecule has 4 nitrogen and oxygen atoms in total. The Bertz CT molecular complexity index is 653. The zero-order valence-corrected chi connectivity index (χ0v) is 12.0. The van der Waals surface area contributed by atoms with Gasteiger partial charge in [0.25, 0.3) is 0 Å². The molecule has 106 valence electrons. The number of nitrogens with two attached hydrogens (primary N) is 1. The van der Waals surface area contributed by atoms with Crippen molar-refractivity contribution in [3.63, 3.8) is 0 Å². The first-order valence-corrected chi connectivity index (χ1v) is 7.08. The Kier molecular flexibility index (Phi) is 3.38. The number of nitrogen functional groups attached to an aromatic ring is 1. The van der Waals surface area contributed by atoms with Crippen LogP contribution in [0.25, 0.3) is 10.9 Å². The fourth-order valence-corrected chi connectivity index (χ4v) is 3.03. The zero-order chi connectivity index (χ0) is 14.1. The highest BCUT2D eigenvalue weighted by molar-refractivity contribution is 6.00. The maximum atomic E-state index is 6.43. The van der Waals surface area contributed by atoms with Gasteiger partial charge in [-0.15, -0.1) is 0 Å². The Balaban J connectivity index is 2.36. The first-order valence-electron chi connectivity index (χ1n) is 7.08. The lowest BCUT2D eigenvalue weighted by Gasteiger charge is -2.16. The molecule has 1 heterocycles. The Morgan fingerprint density at radius 2 is 1.70 bits per heavy atom. The maximum absolute atomic E-state index is 6.43. The smallest absolute Gasteiger partial charge is 0.145 e. The summed E-state index contributed by atoms with van der Waals surface area (Å²) < 4.78 is 10.9. The van der Waals surface area contributed by atoms with Crippen LogP contribution in [0, 0.1) is 0 Å². The lowest BCUT2D eigenvalue weighted by Crippen LogP contribution is -2.05. The largest absolute Gasteiger partial charge is 0.496 e. The van der Waals surface area contributed by atoms with E-state index >= 15 is 0 Å². The van der Waals surface area contributed by atoms with Crippen LogP contribution in [-0.2, 0) is 12.8 Å². The predicted octanol–water partition coefficient (Wildman–Crippen LogP) is 3.10. The van der Waals surface area contributed by atoms with Crippen molar-refractivity contribution in [2.45, 2.75) is 32.1 Å². The van der Waals surface area contributed by atoms with Crippen LogP contribution in [0.1, 0.15) is 30.5 Å². The Morgan fingerprint density at radius 1 is 1.00 bits per heavy atom. The summed E-state index contributed by atoms with van der Waals surface area (Å²) in [6.07, 6.45) is 5.59. The number of ether oxygens (including phenoxy) is 2. The van der Waals surface area contributed by atoms with E-state index in [4.69, 9.17) is 20.2 Å². The van der Waals surface area contributed by atoms with Crippen LogP contribution in [0.3, 0.4) is 0 Å². The number of nitrogens with zero attached hydrogens (tertiary/aromatic N) is 1. The van der Waals surface area contributed by atoms with E-state index in [1.807, 2.05) is 12.1 Å². The predicted molar refractivity (Wildman–Crippen MR) is 80.5 cm³/mol. The van der Waals surface area contributed by atoms with Gasteiger partial charge in [0.2, 0.25) is 0 Å². The van der Waals surface area contributed by atoms with Crippen molar-refractivity contribution in [3.05, 3.63) is 23.4 Å². The van der Waals surface area contributed by atoms with Crippen LogP contribution in [-0.4, -0.2) is 19.2 Å². The highest BCUT2D eigenvalue weighted by atomic mass is 16.5. The molecule has 0 radical (unpaired) electrons. The van der Waals surface area contributed by atoms with Crippen molar-refractivity contribution >= 4 is 16.6 Å². The highest BCUT2D eigenvalue weighted by Gasteiger charge is 2.19. The van der Waals surface area contributed by atoms with Crippen LogP contribution in [0.2, 0.25) is 0 Å². The second kappa shape index (κ2) is 5.19. The summed E-state index contributed by atoms with van der Waals surface area (Å²) in [5, 5.41) is 0.882. The molecule has 0 bridgehead atoms. The van der Waals surface area contributed by atoms with Gasteiger partial charge in [0.15, 0.2) is 0 Å². The molecule has 20 heavy (non-hydrogen) atoms. The lowest BCUT2D eigenvalue weighted by atomic mass is 10.0. The fraction of sp³-hybridized carbons (Fsp3) is 0.438. The summed E-state index contributed by atoms with van der Waals surface area (Å²) in [5.41, 5.74) is 10.4. The number of hydrogen-bond donors (Lipinski definition) is 1. The van der Waals surface area contributed by atoms with Gasteiger partial charge in [0.1, 0.15) is 17.0 Å². The van der Waals surface area contributed by atoms with E-state index in [0.717, 1.165) is 46.6 Å².